The fourth-order valence-corrected chi connectivity index (χ4v) is 3.55. The predicted molar refractivity (Wildman–Crippen MR) is 105 cm³/mol. The van der Waals surface area contributed by atoms with Gasteiger partial charge in [0.2, 0.25) is 5.91 Å². The molecule has 1 aliphatic heterocycles. The zero-order valence-electron chi connectivity index (χ0n) is 15.6. The predicted octanol–water partition coefficient (Wildman–Crippen LogP) is 2.93. The van der Waals surface area contributed by atoms with Gasteiger partial charge in [-0.3, -0.25) is 4.79 Å². The van der Waals surface area contributed by atoms with Crippen molar-refractivity contribution in [1.29, 1.82) is 0 Å². The molecule has 1 saturated heterocycles. The number of carbonyl (C=O) groups is 3. The van der Waals surface area contributed by atoms with Crippen molar-refractivity contribution >= 4 is 23.6 Å². The van der Waals surface area contributed by atoms with Gasteiger partial charge in [-0.15, -0.1) is 0 Å². The van der Waals surface area contributed by atoms with Crippen molar-refractivity contribution < 1.29 is 19.5 Å². The molecular weight excluding hydrogens is 358 g/mol. The van der Waals surface area contributed by atoms with Gasteiger partial charge in [0.15, 0.2) is 0 Å². The molecule has 28 heavy (non-hydrogen) atoms. The van der Waals surface area contributed by atoms with E-state index in [4.69, 9.17) is 0 Å². The van der Waals surface area contributed by atoms with E-state index < -0.39 is 23.9 Å². The second-order valence-corrected chi connectivity index (χ2v) is 6.84. The number of anilines is 1. The van der Waals surface area contributed by atoms with Gasteiger partial charge in [0, 0.05) is 5.69 Å². The molecule has 0 spiro atoms. The number of aryl methyl sites for hydroxylation is 1. The highest BCUT2D eigenvalue weighted by atomic mass is 16.4. The van der Waals surface area contributed by atoms with Crippen LogP contribution in [0.15, 0.2) is 54.6 Å². The van der Waals surface area contributed by atoms with Gasteiger partial charge in [0.1, 0.15) is 6.04 Å². The smallest absolute Gasteiger partial charge is 0.326 e. The maximum absolute atomic E-state index is 12.8. The normalized spacial score (nSPS) is 18.5. The maximum atomic E-state index is 12.8. The van der Waals surface area contributed by atoms with E-state index in [9.17, 15) is 19.5 Å². The minimum Gasteiger partial charge on any atom is -0.480 e. The second kappa shape index (κ2) is 8.56. The number of nitrogens with one attached hydrogen (secondary N) is 2. The Labute approximate surface area is 163 Å². The third-order valence-electron chi connectivity index (χ3n) is 4.82. The summed E-state index contributed by atoms with van der Waals surface area (Å²) in [6.07, 6.45) is 0.957. The van der Waals surface area contributed by atoms with E-state index in [-0.39, 0.29) is 12.6 Å². The lowest BCUT2D eigenvalue weighted by Crippen LogP contribution is -2.47. The molecule has 1 aliphatic rings. The average molecular weight is 381 g/mol. The first-order chi connectivity index (χ1) is 13.5. The molecule has 0 saturated carbocycles. The summed E-state index contributed by atoms with van der Waals surface area (Å²) < 4.78 is 0. The standard InChI is InChI=1S/C21H23N3O4/c1-14-6-5-9-16(12-14)23-21(28)22-13-19(25)24-17(10-11-18(24)20(26)27)15-7-3-2-4-8-15/h2-9,12,17-18H,10-11,13H2,1H3,(H,26,27)(H2,22,23,28)/t17?,18-/m0/s1. The lowest BCUT2D eigenvalue weighted by Gasteiger charge is -2.28. The molecule has 1 fully saturated rings. The van der Waals surface area contributed by atoms with E-state index in [0.717, 1.165) is 11.1 Å². The number of rotatable bonds is 5. The van der Waals surface area contributed by atoms with Gasteiger partial charge in [-0.05, 0) is 43.0 Å². The highest BCUT2D eigenvalue weighted by Gasteiger charge is 2.41. The molecule has 3 N–H and O–H groups in total. The Kier molecular flexibility index (Phi) is 5.93. The molecule has 3 rings (SSSR count). The lowest BCUT2D eigenvalue weighted by molar-refractivity contribution is -0.149. The van der Waals surface area contributed by atoms with Crippen molar-refractivity contribution in [1.82, 2.24) is 10.2 Å². The van der Waals surface area contributed by atoms with Gasteiger partial charge >= 0.3 is 12.0 Å². The van der Waals surface area contributed by atoms with Crippen LogP contribution in [-0.2, 0) is 9.59 Å². The molecule has 1 heterocycles. The molecule has 0 aromatic heterocycles. The third-order valence-corrected chi connectivity index (χ3v) is 4.82. The average Bonchev–Trinajstić information content (AvgIpc) is 3.12. The summed E-state index contributed by atoms with van der Waals surface area (Å²) in [5.41, 5.74) is 2.52. The molecule has 7 nitrogen and oxygen atoms in total. The fourth-order valence-electron chi connectivity index (χ4n) is 3.55. The molecule has 2 aromatic carbocycles. The van der Waals surface area contributed by atoms with Crippen LogP contribution < -0.4 is 10.6 Å². The van der Waals surface area contributed by atoms with Crippen LogP contribution in [0.2, 0.25) is 0 Å². The first kappa shape index (κ1) is 19.4. The van der Waals surface area contributed by atoms with Gasteiger partial charge in [0.25, 0.3) is 0 Å². The maximum Gasteiger partial charge on any atom is 0.326 e. The van der Waals surface area contributed by atoms with Crippen LogP contribution in [-0.4, -0.2) is 40.5 Å². The second-order valence-electron chi connectivity index (χ2n) is 6.84. The molecule has 0 aliphatic carbocycles. The van der Waals surface area contributed by atoms with E-state index in [1.807, 2.05) is 55.5 Å². The van der Waals surface area contributed by atoms with Crippen LogP contribution in [0.4, 0.5) is 10.5 Å². The number of amides is 3. The number of hydrogen-bond acceptors (Lipinski definition) is 3. The number of likely N-dealkylation sites (tertiary alicyclic amines) is 1. The van der Waals surface area contributed by atoms with Crippen LogP contribution in [0.25, 0.3) is 0 Å². The van der Waals surface area contributed by atoms with Crippen LogP contribution in [0, 0.1) is 6.92 Å². The van der Waals surface area contributed by atoms with E-state index in [0.29, 0.717) is 18.5 Å². The Morgan fingerprint density at radius 2 is 1.82 bits per heavy atom. The van der Waals surface area contributed by atoms with Crippen molar-refractivity contribution in [2.75, 3.05) is 11.9 Å². The Morgan fingerprint density at radius 1 is 1.07 bits per heavy atom. The summed E-state index contributed by atoms with van der Waals surface area (Å²) in [7, 11) is 0. The number of carboxylic acids is 1. The first-order valence-corrected chi connectivity index (χ1v) is 9.16. The van der Waals surface area contributed by atoms with Crippen LogP contribution in [0.3, 0.4) is 0 Å². The number of benzene rings is 2. The number of nitrogens with zero attached hydrogens (tertiary/aromatic N) is 1. The quantitative estimate of drug-likeness (QED) is 0.742. The highest BCUT2D eigenvalue weighted by molar-refractivity contribution is 5.93. The first-order valence-electron chi connectivity index (χ1n) is 9.16. The van der Waals surface area contributed by atoms with Gasteiger partial charge in [-0.1, -0.05) is 42.5 Å². The minimum absolute atomic E-state index is 0.273. The van der Waals surface area contributed by atoms with E-state index in [1.54, 1.807) is 6.07 Å². The number of hydrogen-bond donors (Lipinski definition) is 3. The number of carboxylic acid groups (broad SMARTS) is 1. The summed E-state index contributed by atoms with van der Waals surface area (Å²) in [5, 5.41) is 14.7. The summed E-state index contributed by atoms with van der Waals surface area (Å²) >= 11 is 0. The van der Waals surface area contributed by atoms with Crippen molar-refractivity contribution in [3.05, 3.63) is 65.7 Å². The van der Waals surface area contributed by atoms with E-state index in [2.05, 4.69) is 10.6 Å². The van der Waals surface area contributed by atoms with Crippen LogP contribution in [0.1, 0.15) is 30.0 Å². The molecule has 2 atom stereocenters. The van der Waals surface area contributed by atoms with Crippen molar-refractivity contribution in [3.8, 4) is 0 Å². The lowest BCUT2D eigenvalue weighted by atomic mass is 10.0. The molecule has 3 amide bonds. The summed E-state index contributed by atoms with van der Waals surface area (Å²) in [6.45, 7) is 1.64. The Hall–Kier alpha value is -3.35. The van der Waals surface area contributed by atoms with Crippen LogP contribution in [0.5, 0.6) is 0 Å². The van der Waals surface area contributed by atoms with Gasteiger partial charge < -0.3 is 20.6 Å². The van der Waals surface area contributed by atoms with Crippen molar-refractivity contribution in [2.45, 2.75) is 31.8 Å². The van der Waals surface area contributed by atoms with Crippen molar-refractivity contribution in [2.24, 2.45) is 0 Å². The Morgan fingerprint density at radius 3 is 2.50 bits per heavy atom. The van der Waals surface area contributed by atoms with Crippen molar-refractivity contribution in [3.63, 3.8) is 0 Å². The molecule has 0 radical (unpaired) electrons. The molecular formula is C21H23N3O4. The number of aliphatic carboxylic acids is 1. The Bertz CT molecular complexity index is 869. The summed E-state index contributed by atoms with van der Waals surface area (Å²) in [4.78, 5) is 37.9. The highest BCUT2D eigenvalue weighted by Crippen LogP contribution is 2.36. The van der Waals surface area contributed by atoms with E-state index in [1.165, 1.54) is 4.90 Å². The Balaban J connectivity index is 1.66. The summed E-state index contributed by atoms with van der Waals surface area (Å²) in [6, 6.07) is 14.9. The zero-order chi connectivity index (χ0) is 20.1. The molecule has 2 aromatic rings. The van der Waals surface area contributed by atoms with Gasteiger partial charge in [-0.25, -0.2) is 9.59 Å². The van der Waals surface area contributed by atoms with Gasteiger partial charge in [-0.2, -0.15) is 0 Å². The van der Waals surface area contributed by atoms with E-state index >= 15 is 0 Å². The fraction of sp³-hybridized carbons (Fsp3) is 0.286. The number of carbonyl (C=O) groups excluding carboxylic acids is 2. The summed E-state index contributed by atoms with van der Waals surface area (Å²) in [5.74, 6) is -1.45. The van der Waals surface area contributed by atoms with Crippen LogP contribution >= 0.6 is 0 Å². The minimum atomic E-state index is -1.03. The molecule has 0 bridgehead atoms. The zero-order valence-corrected chi connectivity index (χ0v) is 15.6. The number of urea groups is 1. The topological polar surface area (TPSA) is 98.7 Å². The largest absolute Gasteiger partial charge is 0.480 e. The third kappa shape index (κ3) is 4.49. The van der Waals surface area contributed by atoms with Gasteiger partial charge in [0.05, 0.1) is 12.6 Å². The molecule has 1 unspecified atom stereocenters. The monoisotopic (exact) mass is 381 g/mol. The molecule has 146 valence electrons. The molecule has 7 heteroatoms. The SMILES string of the molecule is Cc1cccc(NC(=O)NCC(=O)N2C(c3ccccc3)CC[C@H]2C(=O)O)c1.